The van der Waals surface area contributed by atoms with E-state index in [2.05, 4.69) is 5.32 Å². The highest BCUT2D eigenvalue weighted by molar-refractivity contribution is 7.89. The summed E-state index contributed by atoms with van der Waals surface area (Å²) < 4.78 is 27.7. The van der Waals surface area contributed by atoms with Crippen LogP contribution in [0.1, 0.15) is 12.5 Å². The average Bonchev–Trinajstić information content (AvgIpc) is 2.49. The standard InChI is InChI=1S/C16H18N2O4S/c1-2-22-14-7-3-12(4-8-14)11-16(19)18-13-5-9-15(10-6-13)23(17,20)21/h3-10H,2,11H2,1H3,(H,18,19)(H2,17,20,21). The highest BCUT2D eigenvalue weighted by Crippen LogP contribution is 2.15. The maximum absolute atomic E-state index is 12.0. The molecule has 6 nitrogen and oxygen atoms in total. The molecule has 7 heteroatoms. The second-order valence-corrected chi connectivity index (χ2v) is 6.43. The van der Waals surface area contributed by atoms with E-state index < -0.39 is 10.0 Å². The number of rotatable bonds is 6. The summed E-state index contributed by atoms with van der Waals surface area (Å²) in [6.07, 6.45) is 0.212. The lowest BCUT2D eigenvalue weighted by atomic mass is 10.1. The lowest BCUT2D eigenvalue weighted by Gasteiger charge is -2.07. The van der Waals surface area contributed by atoms with Gasteiger partial charge in [-0.05, 0) is 48.9 Å². The van der Waals surface area contributed by atoms with Crippen molar-refractivity contribution in [2.45, 2.75) is 18.2 Å². The van der Waals surface area contributed by atoms with Crippen LogP contribution < -0.4 is 15.2 Å². The summed E-state index contributed by atoms with van der Waals surface area (Å²) in [4.78, 5) is 12.0. The van der Waals surface area contributed by atoms with E-state index in [0.717, 1.165) is 11.3 Å². The van der Waals surface area contributed by atoms with Crippen molar-refractivity contribution >= 4 is 21.6 Å². The lowest BCUT2D eigenvalue weighted by molar-refractivity contribution is -0.115. The fourth-order valence-electron chi connectivity index (χ4n) is 1.99. The molecule has 0 aromatic heterocycles. The number of sulfonamides is 1. The van der Waals surface area contributed by atoms with Crippen LogP contribution in [0.2, 0.25) is 0 Å². The van der Waals surface area contributed by atoms with Gasteiger partial charge in [-0.1, -0.05) is 12.1 Å². The van der Waals surface area contributed by atoms with E-state index in [1.807, 2.05) is 31.2 Å². The Morgan fingerprint density at radius 2 is 1.70 bits per heavy atom. The summed E-state index contributed by atoms with van der Waals surface area (Å²) in [5.41, 5.74) is 1.36. The van der Waals surface area contributed by atoms with Gasteiger partial charge in [-0.2, -0.15) is 0 Å². The highest BCUT2D eigenvalue weighted by Gasteiger charge is 2.08. The minimum absolute atomic E-state index is 0.00186. The number of nitrogens with one attached hydrogen (secondary N) is 1. The fourth-order valence-corrected chi connectivity index (χ4v) is 2.50. The molecule has 1 amide bonds. The van der Waals surface area contributed by atoms with Gasteiger partial charge >= 0.3 is 0 Å². The largest absolute Gasteiger partial charge is 0.494 e. The van der Waals surface area contributed by atoms with Crippen molar-refractivity contribution in [3.8, 4) is 5.75 Å². The molecule has 2 rings (SSSR count). The Kier molecular flexibility index (Phi) is 5.36. The van der Waals surface area contributed by atoms with Crippen molar-refractivity contribution in [2.75, 3.05) is 11.9 Å². The van der Waals surface area contributed by atoms with Gasteiger partial charge in [-0.3, -0.25) is 4.79 Å². The van der Waals surface area contributed by atoms with E-state index >= 15 is 0 Å². The average molecular weight is 334 g/mol. The van der Waals surface area contributed by atoms with Gasteiger partial charge in [0.1, 0.15) is 5.75 Å². The van der Waals surface area contributed by atoms with Crippen molar-refractivity contribution < 1.29 is 17.9 Å². The van der Waals surface area contributed by atoms with E-state index in [4.69, 9.17) is 9.88 Å². The third-order valence-corrected chi connectivity index (χ3v) is 3.99. The Hall–Kier alpha value is -2.38. The molecule has 0 bridgehead atoms. The van der Waals surface area contributed by atoms with Crippen LogP contribution in [-0.2, 0) is 21.2 Å². The van der Waals surface area contributed by atoms with Crippen LogP contribution in [0, 0.1) is 0 Å². The van der Waals surface area contributed by atoms with Gasteiger partial charge in [-0.15, -0.1) is 0 Å². The second-order valence-electron chi connectivity index (χ2n) is 4.87. The van der Waals surface area contributed by atoms with E-state index in [9.17, 15) is 13.2 Å². The smallest absolute Gasteiger partial charge is 0.238 e. The van der Waals surface area contributed by atoms with Crippen LogP contribution in [0.15, 0.2) is 53.4 Å². The zero-order chi connectivity index (χ0) is 16.9. The van der Waals surface area contributed by atoms with Gasteiger partial charge < -0.3 is 10.1 Å². The Bertz CT molecular complexity index is 769. The fraction of sp³-hybridized carbons (Fsp3) is 0.188. The number of hydrogen-bond donors (Lipinski definition) is 2. The van der Waals surface area contributed by atoms with E-state index in [0.29, 0.717) is 12.3 Å². The molecule has 0 heterocycles. The molecular formula is C16H18N2O4S. The Morgan fingerprint density at radius 3 is 2.22 bits per heavy atom. The number of nitrogens with two attached hydrogens (primary N) is 1. The predicted octanol–water partition coefficient (Wildman–Crippen LogP) is 1.91. The van der Waals surface area contributed by atoms with Crippen LogP contribution in [0.3, 0.4) is 0 Å². The summed E-state index contributed by atoms with van der Waals surface area (Å²) in [6, 6.07) is 13.0. The number of ether oxygens (including phenoxy) is 1. The van der Waals surface area contributed by atoms with Gasteiger partial charge in [0.05, 0.1) is 17.9 Å². The number of carbonyl (C=O) groups is 1. The van der Waals surface area contributed by atoms with Crippen LogP contribution in [0.5, 0.6) is 5.75 Å². The first-order valence-electron chi connectivity index (χ1n) is 7.03. The Labute approximate surface area is 135 Å². The number of amides is 1. The molecule has 0 atom stereocenters. The highest BCUT2D eigenvalue weighted by atomic mass is 32.2. The molecule has 0 spiro atoms. The van der Waals surface area contributed by atoms with Crippen molar-refractivity contribution in [3.63, 3.8) is 0 Å². The summed E-state index contributed by atoms with van der Waals surface area (Å²) in [5.74, 6) is 0.563. The minimum atomic E-state index is -3.73. The third kappa shape index (κ3) is 5.08. The van der Waals surface area contributed by atoms with Crippen molar-refractivity contribution in [3.05, 3.63) is 54.1 Å². The maximum atomic E-state index is 12.0. The molecule has 0 unspecified atom stereocenters. The quantitative estimate of drug-likeness (QED) is 0.843. The molecule has 0 aliphatic carbocycles. The third-order valence-electron chi connectivity index (χ3n) is 3.07. The van der Waals surface area contributed by atoms with Crippen molar-refractivity contribution in [1.82, 2.24) is 0 Å². The first kappa shape index (κ1) is 17.0. The Balaban J connectivity index is 1.96. The normalized spacial score (nSPS) is 11.0. The molecule has 0 aliphatic rings. The van der Waals surface area contributed by atoms with Crippen LogP contribution in [-0.4, -0.2) is 20.9 Å². The number of anilines is 1. The van der Waals surface area contributed by atoms with Crippen molar-refractivity contribution in [2.24, 2.45) is 5.14 Å². The van der Waals surface area contributed by atoms with Gasteiger partial charge in [0.2, 0.25) is 15.9 Å². The van der Waals surface area contributed by atoms with E-state index in [1.54, 1.807) is 0 Å². The van der Waals surface area contributed by atoms with Gasteiger partial charge in [0.25, 0.3) is 0 Å². The number of hydrogen-bond acceptors (Lipinski definition) is 4. The maximum Gasteiger partial charge on any atom is 0.238 e. The topological polar surface area (TPSA) is 98.5 Å². The van der Waals surface area contributed by atoms with Gasteiger partial charge in [0.15, 0.2) is 0 Å². The minimum Gasteiger partial charge on any atom is -0.494 e. The summed E-state index contributed by atoms with van der Waals surface area (Å²) in [7, 11) is -3.73. The molecular weight excluding hydrogens is 316 g/mol. The molecule has 0 saturated heterocycles. The molecule has 2 aromatic rings. The van der Waals surface area contributed by atoms with Gasteiger partial charge in [0, 0.05) is 5.69 Å². The van der Waals surface area contributed by atoms with Crippen molar-refractivity contribution in [1.29, 1.82) is 0 Å². The molecule has 0 saturated carbocycles. The number of primary sulfonamides is 1. The lowest BCUT2D eigenvalue weighted by Crippen LogP contribution is -2.15. The van der Waals surface area contributed by atoms with E-state index in [-0.39, 0.29) is 17.2 Å². The zero-order valence-electron chi connectivity index (χ0n) is 12.7. The second kappa shape index (κ2) is 7.26. The monoisotopic (exact) mass is 334 g/mol. The summed E-state index contributed by atoms with van der Waals surface area (Å²) in [6.45, 7) is 2.50. The van der Waals surface area contributed by atoms with Crippen LogP contribution in [0.25, 0.3) is 0 Å². The SMILES string of the molecule is CCOc1ccc(CC(=O)Nc2ccc(S(N)(=O)=O)cc2)cc1. The van der Waals surface area contributed by atoms with E-state index in [1.165, 1.54) is 24.3 Å². The van der Waals surface area contributed by atoms with Crippen LogP contribution in [0.4, 0.5) is 5.69 Å². The predicted molar refractivity (Wildman–Crippen MR) is 87.8 cm³/mol. The first-order chi connectivity index (χ1) is 10.9. The zero-order valence-corrected chi connectivity index (χ0v) is 13.5. The summed E-state index contributed by atoms with van der Waals surface area (Å²) in [5, 5.41) is 7.72. The van der Waals surface area contributed by atoms with Crippen LogP contribution >= 0.6 is 0 Å². The number of carbonyl (C=O) groups excluding carboxylic acids is 1. The van der Waals surface area contributed by atoms with Gasteiger partial charge in [-0.25, -0.2) is 13.6 Å². The molecule has 122 valence electrons. The molecule has 0 aliphatic heterocycles. The molecule has 0 radical (unpaired) electrons. The molecule has 23 heavy (non-hydrogen) atoms. The Morgan fingerprint density at radius 1 is 1.09 bits per heavy atom. The molecule has 2 aromatic carbocycles. The first-order valence-corrected chi connectivity index (χ1v) is 8.57. The molecule has 3 N–H and O–H groups in total. The number of benzene rings is 2. The summed E-state index contributed by atoms with van der Waals surface area (Å²) >= 11 is 0. The molecule has 0 fully saturated rings.